The van der Waals surface area contributed by atoms with Gasteiger partial charge in [0.25, 0.3) is 0 Å². The van der Waals surface area contributed by atoms with Gasteiger partial charge in [0.15, 0.2) is 5.78 Å². The van der Waals surface area contributed by atoms with Gasteiger partial charge < -0.3 is 4.74 Å². The van der Waals surface area contributed by atoms with E-state index in [1.165, 1.54) is 25.5 Å². The molecule has 188 valence electrons. The molecular formula is C30H44O4. The number of rotatable bonds is 6. The molecule has 0 aliphatic heterocycles. The zero-order valence-corrected chi connectivity index (χ0v) is 22.2. The minimum atomic E-state index is -0.270. The Labute approximate surface area is 206 Å². The fourth-order valence-corrected chi connectivity index (χ4v) is 8.73. The maximum Gasteiger partial charge on any atom is 0.312 e. The smallest absolute Gasteiger partial charge is 0.312 e. The van der Waals surface area contributed by atoms with Crippen LogP contribution in [0.4, 0.5) is 0 Å². The molecule has 0 aromatic rings. The molecule has 0 N–H and O–H groups in total. The number of ether oxygens (including phenoxy) is 1. The Morgan fingerprint density at radius 2 is 1.85 bits per heavy atom. The Morgan fingerprint density at radius 1 is 1.15 bits per heavy atom. The van der Waals surface area contributed by atoms with Crippen LogP contribution in [0.3, 0.4) is 0 Å². The van der Waals surface area contributed by atoms with E-state index in [0.29, 0.717) is 48.1 Å². The van der Waals surface area contributed by atoms with E-state index in [0.717, 1.165) is 43.3 Å². The highest BCUT2D eigenvalue weighted by Gasteiger charge is 2.59. The molecule has 4 rings (SSSR count). The van der Waals surface area contributed by atoms with E-state index in [4.69, 9.17) is 4.74 Å². The average molecular weight is 469 g/mol. The zero-order chi connectivity index (χ0) is 25.0. The zero-order valence-electron chi connectivity index (χ0n) is 22.2. The van der Waals surface area contributed by atoms with Crippen LogP contribution >= 0.6 is 0 Å². The monoisotopic (exact) mass is 468 g/mol. The maximum absolute atomic E-state index is 13.8. The van der Waals surface area contributed by atoms with Gasteiger partial charge in [-0.25, -0.2) is 0 Å². The number of hydrogen-bond donors (Lipinski definition) is 0. The summed E-state index contributed by atoms with van der Waals surface area (Å²) in [6.45, 7) is 15.1. The molecular weight excluding hydrogens is 424 g/mol. The predicted molar refractivity (Wildman–Crippen MR) is 134 cm³/mol. The van der Waals surface area contributed by atoms with Crippen molar-refractivity contribution in [3.63, 3.8) is 0 Å². The average Bonchev–Trinajstić information content (AvgIpc) is 3.15. The van der Waals surface area contributed by atoms with Gasteiger partial charge in [0.05, 0.1) is 13.0 Å². The summed E-state index contributed by atoms with van der Waals surface area (Å²) in [4.78, 5) is 38.2. The molecule has 0 bridgehead atoms. The summed E-state index contributed by atoms with van der Waals surface area (Å²) in [7, 11) is 1.43. The third-order valence-corrected chi connectivity index (χ3v) is 10.9. The summed E-state index contributed by atoms with van der Waals surface area (Å²) < 4.78 is 4.89. The summed E-state index contributed by atoms with van der Waals surface area (Å²) in [5, 5.41) is 0. The van der Waals surface area contributed by atoms with Crippen LogP contribution < -0.4 is 0 Å². The summed E-state index contributed by atoms with van der Waals surface area (Å²) in [5.41, 5.74) is 3.43. The van der Waals surface area contributed by atoms with Crippen LogP contribution in [0.2, 0.25) is 0 Å². The first-order valence-electron chi connectivity index (χ1n) is 13.5. The first kappa shape index (κ1) is 25.4. The van der Waals surface area contributed by atoms with Crippen molar-refractivity contribution in [2.24, 2.45) is 46.3 Å². The minimum Gasteiger partial charge on any atom is -0.469 e. The van der Waals surface area contributed by atoms with E-state index < -0.39 is 0 Å². The number of carbonyl (C=O) groups excluding carboxylic acids is 3. The number of hydrogen-bond acceptors (Lipinski definition) is 4. The molecule has 0 radical (unpaired) electrons. The van der Waals surface area contributed by atoms with Crippen molar-refractivity contribution in [3.05, 3.63) is 23.3 Å². The molecule has 34 heavy (non-hydrogen) atoms. The first-order chi connectivity index (χ1) is 16.0. The molecule has 4 aliphatic carbocycles. The van der Waals surface area contributed by atoms with Crippen molar-refractivity contribution in [1.82, 2.24) is 0 Å². The van der Waals surface area contributed by atoms with E-state index >= 15 is 0 Å². The van der Waals surface area contributed by atoms with E-state index in [-0.39, 0.29) is 28.6 Å². The third kappa shape index (κ3) is 3.84. The highest BCUT2D eigenvalue weighted by atomic mass is 16.5. The van der Waals surface area contributed by atoms with E-state index in [1.54, 1.807) is 0 Å². The Kier molecular flexibility index (Phi) is 6.76. The van der Waals surface area contributed by atoms with Gasteiger partial charge in [0.1, 0.15) is 5.78 Å². The van der Waals surface area contributed by atoms with E-state index in [9.17, 15) is 14.4 Å². The number of Topliss-reactive ketones (excluding diaryl/α,β-unsaturated/α-hetero) is 2. The van der Waals surface area contributed by atoms with Gasteiger partial charge in [-0.1, -0.05) is 45.4 Å². The van der Waals surface area contributed by atoms with Crippen LogP contribution in [-0.2, 0) is 19.1 Å². The van der Waals surface area contributed by atoms with Gasteiger partial charge in [-0.2, -0.15) is 0 Å². The van der Waals surface area contributed by atoms with Crippen LogP contribution in [0.15, 0.2) is 23.3 Å². The lowest BCUT2D eigenvalue weighted by Gasteiger charge is -2.54. The second kappa shape index (κ2) is 9.06. The summed E-state index contributed by atoms with van der Waals surface area (Å²) in [6, 6.07) is 0. The normalized spacial score (nSPS) is 39.1. The number of methoxy groups -OCH3 is 1. The molecule has 8 atom stereocenters. The molecule has 0 saturated heterocycles. The Balaban J connectivity index is 1.54. The second-order valence-corrected chi connectivity index (χ2v) is 12.5. The second-order valence-electron chi connectivity index (χ2n) is 12.5. The minimum absolute atomic E-state index is 0.0178. The van der Waals surface area contributed by atoms with Crippen LogP contribution in [0.25, 0.3) is 0 Å². The largest absolute Gasteiger partial charge is 0.469 e. The van der Waals surface area contributed by atoms with Gasteiger partial charge in [0.2, 0.25) is 0 Å². The molecule has 4 aliphatic rings. The molecule has 0 aromatic heterocycles. The maximum atomic E-state index is 13.8. The molecule has 0 amide bonds. The van der Waals surface area contributed by atoms with Crippen molar-refractivity contribution in [1.29, 1.82) is 0 Å². The summed E-state index contributed by atoms with van der Waals surface area (Å²) >= 11 is 0. The number of allylic oxidation sites excluding steroid dienone is 2. The molecule has 4 heteroatoms. The van der Waals surface area contributed by atoms with Gasteiger partial charge in [0, 0.05) is 24.3 Å². The standard InChI is InChI=1S/C30H44O4/c1-17(19(3)28(33)34-7)8-9-18(2)22-12-13-24-21-10-11-23-20(4)25(31)14-15-29(23,5)27(21)26(32)16-30(22,24)6/h18-20,22-24H,1,8-16H2,2-7H3/t18-,19+,20+,22-,23-,24-,29+,30-/m1/s1. The lowest BCUT2D eigenvalue weighted by atomic mass is 9.48. The molecule has 0 heterocycles. The highest BCUT2D eigenvalue weighted by Crippen LogP contribution is 2.65. The molecule has 4 nitrogen and oxygen atoms in total. The highest BCUT2D eigenvalue weighted by molar-refractivity contribution is 6.00. The van der Waals surface area contributed by atoms with Crippen LogP contribution in [0, 0.1) is 46.3 Å². The van der Waals surface area contributed by atoms with E-state index in [1.807, 2.05) is 6.92 Å². The Morgan fingerprint density at radius 3 is 2.53 bits per heavy atom. The van der Waals surface area contributed by atoms with Crippen molar-refractivity contribution in [2.75, 3.05) is 7.11 Å². The number of ketones is 2. The summed E-state index contributed by atoms with van der Waals surface area (Å²) in [5.74, 6) is 2.14. The molecule has 2 saturated carbocycles. The molecule has 0 aromatic carbocycles. The molecule has 2 fully saturated rings. The fraction of sp³-hybridized carbons (Fsp3) is 0.767. The number of carbonyl (C=O) groups is 3. The lowest BCUT2D eigenvalue weighted by Crippen LogP contribution is -2.50. The van der Waals surface area contributed by atoms with Crippen LogP contribution in [-0.4, -0.2) is 24.6 Å². The Bertz CT molecular complexity index is 928. The third-order valence-electron chi connectivity index (χ3n) is 10.9. The molecule has 0 spiro atoms. The van der Waals surface area contributed by atoms with Crippen molar-refractivity contribution >= 4 is 17.5 Å². The van der Waals surface area contributed by atoms with Crippen molar-refractivity contribution in [3.8, 4) is 0 Å². The number of esters is 1. The topological polar surface area (TPSA) is 60.4 Å². The van der Waals surface area contributed by atoms with Crippen LogP contribution in [0.5, 0.6) is 0 Å². The van der Waals surface area contributed by atoms with Gasteiger partial charge >= 0.3 is 5.97 Å². The quantitative estimate of drug-likeness (QED) is 0.330. The van der Waals surface area contributed by atoms with Crippen molar-refractivity contribution in [2.45, 2.75) is 92.4 Å². The SMILES string of the molecule is C=C(CC[C@@H](C)[C@H]1CC[C@@H]2C3=C(C(=O)C[C@@]21C)[C@@]1(C)CCC(=O)[C@@H](C)[C@H]1CC3)[C@H](C)C(=O)OC. The van der Waals surface area contributed by atoms with Crippen LogP contribution in [0.1, 0.15) is 92.4 Å². The van der Waals surface area contributed by atoms with Gasteiger partial charge in [-0.15, -0.1) is 0 Å². The number of fused-ring (bicyclic) bond motifs is 4. The first-order valence-corrected chi connectivity index (χ1v) is 13.5. The lowest BCUT2D eigenvalue weighted by molar-refractivity contribution is -0.143. The van der Waals surface area contributed by atoms with E-state index in [2.05, 4.69) is 34.3 Å². The summed E-state index contributed by atoms with van der Waals surface area (Å²) in [6.07, 6.45) is 8.31. The van der Waals surface area contributed by atoms with Crippen molar-refractivity contribution < 1.29 is 19.1 Å². The van der Waals surface area contributed by atoms with Gasteiger partial charge in [-0.3, -0.25) is 14.4 Å². The van der Waals surface area contributed by atoms with Gasteiger partial charge in [-0.05, 0) is 86.4 Å². The Hall–Kier alpha value is -1.71. The molecule has 0 unspecified atom stereocenters. The fourth-order valence-electron chi connectivity index (χ4n) is 8.73. The predicted octanol–water partition coefficient (Wildman–Crippen LogP) is 6.49.